The molecule has 2 heterocycles. The number of hydrogen-bond donors (Lipinski definition) is 1. The third-order valence-corrected chi connectivity index (χ3v) is 5.72. The molecule has 1 fully saturated rings. The van der Waals surface area contributed by atoms with E-state index in [1.807, 2.05) is 6.92 Å². The fourth-order valence-corrected chi connectivity index (χ4v) is 4.14. The number of nitrogens with zero attached hydrogens (tertiary/aromatic N) is 3. The molecule has 0 atom stereocenters. The number of ether oxygens (including phenoxy) is 1. The minimum absolute atomic E-state index is 0.0200. The first-order chi connectivity index (χ1) is 13.1. The molecule has 1 saturated heterocycles. The minimum atomic E-state index is -0.0200. The van der Waals surface area contributed by atoms with Crippen molar-refractivity contribution in [1.29, 1.82) is 5.26 Å². The van der Waals surface area contributed by atoms with E-state index in [1.165, 1.54) is 11.1 Å². The maximum absolute atomic E-state index is 9.73. The summed E-state index contributed by atoms with van der Waals surface area (Å²) in [6.45, 7) is 8.50. The summed E-state index contributed by atoms with van der Waals surface area (Å²) < 4.78 is 5.64. The Labute approximate surface area is 161 Å². The van der Waals surface area contributed by atoms with Crippen LogP contribution in [-0.2, 0) is 23.0 Å². The summed E-state index contributed by atoms with van der Waals surface area (Å²) in [4.78, 5) is 0. The second-order valence-corrected chi connectivity index (χ2v) is 7.23. The molecule has 0 aliphatic carbocycles. The van der Waals surface area contributed by atoms with Crippen molar-refractivity contribution in [2.75, 3.05) is 25.1 Å². The van der Waals surface area contributed by atoms with Gasteiger partial charge in [-0.05, 0) is 49.3 Å². The number of anilines is 1. The number of rotatable bonds is 6. The lowest BCUT2D eigenvalue weighted by Gasteiger charge is -2.39. The fraction of sp³-hybridized carbons (Fsp3) is 0.500. The molecule has 2 aromatic rings. The van der Waals surface area contributed by atoms with E-state index in [0.29, 0.717) is 11.4 Å². The highest BCUT2D eigenvalue weighted by Crippen LogP contribution is 2.37. The maximum Gasteiger partial charge on any atom is 0.166 e. The molecular weight excluding hydrogens is 336 g/mol. The van der Waals surface area contributed by atoms with Gasteiger partial charge in [0.15, 0.2) is 5.82 Å². The van der Waals surface area contributed by atoms with Crippen LogP contribution in [0.1, 0.15) is 54.6 Å². The number of nitrogens with one attached hydrogen (secondary N) is 1. The molecule has 5 nitrogen and oxygen atoms in total. The van der Waals surface area contributed by atoms with Crippen molar-refractivity contribution in [1.82, 2.24) is 10.2 Å². The van der Waals surface area contributed by atoms with E-state index >= 15 is 0 Å². The van der Waals surface area contributed by atoms with Crippen LogP contribution >= 0.6 is 0 Å². The van der Waals surface area contributed by atoms with E-state index in [1.54, 1.807) is 0 Å². The quantitative estimate of drug-likeness (QED) is 0.840. The first-order valence-corrected chi connectivity index (χ1v) is 9.81. The van der Waals surface area contributed by atoms with Crippen molar-refractivity contribution in [3.8, 4) is 6.07 Å². The Morgan fingerprint density at radius 2 is 1.89 bits per heavy atom. The molecule has 0 bridgehead atoms. The summed E-state index contributed by atoms with van der Waals surface area (Å²) in [7, 11) is 0. The molecule has 0 radical (unpaired) electrons. The Morgan fingerprint density at radius 1 is 1.15 bits per heavy atom. The van der Waals surface area contributed by atoms with Gasteiger partial charge in [0.05, 0.1) is 5.69 Å². The van der Waals surface area contributed by atoms with Crippen molar-refractivity contribution >= 4 is 5.82 Å². The van der Waals surface area contributed by atoms with Gasteiger partial charge in [0.2, 0.25) is 0 Å². The van der Waals surface area contributed by atoms with Crippen LogP contribution in [0.4, 0.5) is 5.82 Å². The van der Waals surface area contributed by atoms with Gasteiger partial charge in [0.25, 0.3) is 0 Å². The zero-order valence-electron chi connectivity index (χ0n) is 16.5. The van der Waals surface area contributed by atoms with Gasteiger partial charge in [0.1, 0.15) is 11.6 Å². The Bertz CT molecular complexity index is 835. The molecule has 0 amide bonds. The summed E-state index contributed by atoms with van der Waals surface area (Å²) in [5.74, 6) is 0.603. The molecule has 1 aromatic carbocycles. The third-order valence-electron chi connectivity index (χ3n) is 5.72. The van der Waals surface area contributed by atoms with E-state index in [2.05, 4.69) is 59.7 Å². The summed E-state index contributed by atoms with van der Waals surface area (Å²) in [6, 6.07) is 10.9. The highest BCUT2D eigenvalue weighted by Gasteiger charge is 2.35. The second kappa shape index (κ2) is 8.49. The number of aryl methyl sites for hydroxylation is 2. The zero-order chi connectivity index (χ0) is 19.3. The van der Waals surface area contributed by atoms with Gasteiger partial charge in [0, 0.05) is 25.2 Å². The molecule has 3 rings (SSSR count). The van der Waals surface area contributed by atoms with Gasteiger partial charge in [-0.2, -0.15) is 10.4 Å². The lowest BCUT2D eigenvalue weighted by Crippen LogP contribution is -2.41. The number of benzene rings is 1. The maximum atomic E-state index is 9.73. The second-order valence-electron chi connectivity index (χ2n) is 7.23. The molecule has 0 unspecified atom stereocenters. The highest BCUT2D eigenvalue weighted by molar-refractivity contribution is 5.57. The number of hydrogen-bond acceptors (Lipinski definition) is 5. The molecule has 0 saturated carbocycles. The topological polar surface area (TPSA) is 70.8 Å². The smallest absolute Gasteiger partial charge is 0.166 e. The molecule has 5 heteroatoms. The Hall–Kier alpha value is -2.45. The largest absolute Gasteiger partial charge is 0.381 e. The number of nitriles is 1. The Kier molecular flexibility index (Phi) is 6.08. The van der Waals surface area contributed by atoms with Gasteiger partial charge in [-0.15, -0.1) is 5.10 Å². The predicted octanol–water partition coefficient (Wildman–Crippen LogP) is 3.94. The van der Waals surface area contributed by atoms with E-state index in [4.69, 9.17) is 4.74 Å². The van der Waals surface area contributed by atoms with Crippen molar-refractivity contribution in [3.63, 3.8) is 0 Å². The van der Waals surface area contributed by atoms with Gasteiger partial charge < -0.3 is 10.1 Å². The average Bonchev–Trinajstić information content (AvgIpc) is 2.72. The van der Waals surface area contributed by atoms with Gasteiger partial charge in [-0.1, -0.05) is 38.1 Å². The molecular formula is C22H28N4O. The minimum Gasteiger partial charge on any atom is -0.381 e. The highest BCUT2D eigenvalue weighted by atomic mass is 16.5. The fourth-order valence-electron chi connectivity index (χ4n) is 4.14. The first kappa shape index (κ1) is 19.3. The van der Waals surface area contributed by atoms with Gasteiger partial charge in [-0.3, -0.25) is 0 Å². The van der Waals surface area contributed by atoms with Crippen LogP contribution in [0.2, 0.25) is 0 Å². The molecule has 27 heavy (non-hydrogen) atoms. The predicted molar refractivity (Wildman–Crippen MR) is 107 cm³/mol. The molecule has 1 aromatic heterocycles. The van der Waals surface area contributed by atoms with E-state index in [0.717, 1.165) is 56.7 Å². The van der Waals surface area contributed by atoms with E-state index in [-0.39, 0.29) is 5.41 Å². The molecule has 0 spiro atoms. The molecule has 1 aliphatic rings. The van der Waals surface area contributed by atoms with Crippen molar-refractivity contribution in [3.05, 3.63) is 52.2 Å². The van der Waals surface area contributed by atoms with Crippen molar-refractivity contribution < 1.29 is 4.74 Å². The first-order valence-electron chi connectivity index (χ1n) is 9.81. The van der Waals surface area contributed by atoms with Crippen LogP contribution in [0, 0.1) is 18.3 Å². The van der Waals surface area contributed by atoms with Gasteiger partial charge in [-0.25, -0.2) is 0 Å². The summed E-state index contributed by atoms with van der Waals surface area (Å²) in [5.41, 5.74) is 5.19. The summed E-state index contributed by atoms with van der Waals surface area (Å²) in [5, 5.41) is 21.9. The molecule has 1 N–H and O–H groups in total. The molecule has 1 aliphatic heterocycles. The summed E-state index contributed by atoms with van der Waals surface area (Å²) in [6.07, 6.45) is 3.48. The third kappa shape index (κ3) is 3.81. The lowest BCUT2D eigenvalue weighted by atomic mass is 9.72. The van der Waals surface area contributed by atoms with Crippen LogP contribution in [0.5, 0.6) is 0 Å². The Morgan fingerprint density at radius 3 is 2.52 bits per heavy atom. The van der Waals surface area contributed by atoms with Crippen LogP contribution in [-0.4, -0.2) is 30.0 Å². The zero-order valence-corrected chi connectivity index (χ0v) is 16.5. The van der Waals surface area contributed by atoms with E-state index in [9.17, 15) is 5.26 Å². The van der Waals surface area contributed by atoms with Crippen LogP contribution in [0.15, 0.2) is 24.3 Å². The van der Waals surface area contributed by atoms with E-state index < -0.39 is 0 Å². The monoisotopic (exact) mass is 364 g/mol. The van der Waals surface area contributed by atoms with Crippen LogP contribution in [0.3, 0.4) is 0 Å². The standard InChI is InChI=1S/C22H28N4O/c1-4-17-18(14-23)21(26-25-20(17)5-2)24-15-22(10-12-27-13-11-22)19-9-7-6-8-16(19)3/h6-9H,4-5,10-13,15H2,1-3H3,(H,24,26). The van der Waals surface area contributed by atoms with Crippen LogP contribution < -0.4 is 5.32 Å². The average molecular weight is 364 g/mol. The van der Waals surface area contributed by atoms with Crippen molar-refractivity contribution in [2.45, 2.75) is 51.9 Å². The number of aromatic nitrogens is 2. The normalized spacial score (nSPS) is 15.9. The Balaban J connectivity index is 1.93. The summed E-state index contributed by atoms with van der Waals surface area (Å²) >= 11 is 0. The SMILES string of the molecule is CCc1nnc(NCC2(c3ccccc3C)CCOCC2)c(C#N)c1CC. The van der Waals surface area contributed by atoms with Gasteiger partial charge >= 0.3 is 0 Å². The van der Waals surface area contributed by atoms with Crippen LogP contribution in [0.25, 0.3) is 0 Å². The van der Waals surface area contributed by atoms with Crippen molar-refractivity contribution in [2.24, 2.45) is 0 Å². The lowest BCUT2D eigenvalue weighted by molar-refractivity contribution is 0.0541. The molecule has 142 valence electrons.